The molecular formula is C18H16F3NO4S. The molecule has 1 heterocycles. The Labute approximate surface area is 153 Å². The lowest BCUT2D eigenvalue weighted by Crippen LogP contribution is -2.38. The van der Waals surface area contributed by atoms with Gasteiger partial charge in [-0.05, 0) is 43.3 Å². The second-order valence-corrected chi connectivity index (χ2v) is 8.04. The number of fused-ring (bicyclic) bond motifs is 1. The van der Waals surface area contributed by atoms with E-state index in [1.165, 1.54) is 6.92 Å². The minimum atomic E-state index is -4.55. The second kappa shape index (κ2) is 6.66. The first-order valence-corrected chi connectivity index (χ1v) is 9.36. The molecule has 3 rings (SSSR count). The zero-order valence-corrected chi connectivity index (χ0v) is 14.9. The fraction of sp³-hybridized carbons (Fsp3) is 0.222. The first-order chi connectivity index (χ1) is 12.5. The number of aliphatic hydroxyl groups is 1. The molecule has 0 saturated carbocycles. The monoisotopic (exact) mass is 399 g/mol. The smallest absolute Gasteiger partial charge is 0.416 e. The number of nitrogens with one attached hydrogen (secondary N) is 1. The summed E-state index contributed by atoms with van der Waals surface area (Å²) in [4.78, 5) is -0.337. The van der Waals surface area contributed by atoms with Gasteiger partial charge in [-0.1, -0.05) is 18.2 Å². The molecular weight excluding hydrogens is 383 g/mol. The summed E-state index contributed by atoms with van der Waals surface area (Å²) in [6.45, 7) is 0.955. The number of sulfonamides is 1. The van der Waals surface area contributed by atoms with Crippen LogP contribution >= 0.6 is 0 Å². The summed E-state index contributed by atoms with van der Waals surface area (Å²) in [6.07, 6.45) is -4.55. The SMILES string of the molecule is CC(O)(CNS(=O)(=O)c1ccc(C(F)(F)F)cc1)c1cc2ccccc2o1. The molecule has 144 valence electrons. The molecule has 1 aromatic heterocycles. The van der Waals surface area contributed by atoms with Gasteiger partial charge < -0.3 is 9.52 Å². The number of halogens is 3. The van der Waals surface area contributed by atoms with Gasteiger partial charge in [0.2, 0.25) is 10.0 Å². The summed E-state index contributed by atoms with van der Waals surface area (Å²) in [6, 6.07) is 11.7. The van der Waals surface area contributed by atoms with Gasteiger partial charge in [0.1, 0.15) is 16.9 Å². The maximum Gasteiger partial charge on any atom is 0.416 e. The average Bonchev–Trinajstić information content (AvgIpc) is 3.05. The summed E-state index contributed by atoms with van der Waals surface area (Å²) < 4.78 is 70.1. The summed E-state index contributed by atoms with van der Waals surface area (Å²) in [5, 5.41) is 11.3. The van der Waals surface area contributed by atoms with Gasteiger partial charge in [0, 0.05) is 11.9 Å². The summed E-state index contributed by atoms with van der Waals surface area (Å²) >= 11 is 0. The molecule has 0 aliphatic rings. The van der Waals surface area contributed by atoms with Crippen molar-refractivity contribution in [1.82, 2.24) is 4.72 Å². The van der Waals surface area contributed by atoms with Crippen LogP contribution in [-0.4, -0.2) is 20.1 Å². The molecule has 0 fully saturated rings. The number of furan rings is 1. The maximum absolute atomic E-state index is 12.6. The van der Waals surface area contributed by atoms with E-state index in [1.54, 1.807) is 30.3 Å². The van der Waals surface area contributed by atoms with Crippen molar-refractivity contribution >= 4 is 21.0 Å². The third-order valence-corrected chi connectivity index (χ3v) is 5.47. The third-order valence-electron chi connectivity index (χ3n) is 4.05. The van der Waals surface area contributed by atoms with Crippen molar-refractivity contribution in [1.29, 1.82) is 0 Å². The second-order valence-electron chi connectivity index (χ2n) is 6.27. The van der Waals surface area contributed by atoms with Crippen LogP contribution in [0.1, 0.15) is 18.2 Å². The Morgan fingerprint density at radius 2 is 1.70 bits per heavy atom. The van der Waals surface area contributed by atoms with Crippen LogP contribution in [0.25, 0.3) is 11.0 Å². The molecule has 0 saturated heterocycles. The van der Waals surface area contributed by atoms with Gasteiger partial charge in [0.05, 0.1) is 10.5 Å². The highest BCUT2D eigenvalue weighted by Gasteiger charge is 2.32. The molecule has 2 N–H and O–H groups in total. The number of alkyl halides is 3. The summed E-state index contributed by atoms with van der Waals surface area (Å²) in [5.41, 5.74) is -2.06. The molecule has 5 nitrogen and oxygen atoms in total. The maximum atomic E-state index is 12.6. The molecule has 1 unspecified atom stereocenters. The van der Waals surface area contributed by atoms with Crippen molar-refractivity contribution in [3.63, 3.8) is 0 Å². The Morgan fingerprint density at radius 1 is 1.07 bits per heavy atom. The fourth-order valence-corrected chi connectivity index (χ4v) is 3.61. The number of para-hydroxylation sites is 1. The first kappa shape index (κ1) is 19.4. The molecule has 0 aliphatic heterocycles. The predicted octanol–water partition coefficient (Wildman–Crippen LogP) is 3.64. The fourth-order valence-electron chi connectivity index (χ4n) is 2.48. The number of hydrogen-bond acceptors (Lipinski definition) is 4. The van der Waals surface area contributed by atoms with Crippen molar-refractivity contribution in [2.75, 3.05) is 6.54 Å². The largest absolute Gasteiger partial charge is 0.458 e. The molecule has 3 aromatic rings. The number of hydrogen-bond donors (Lipinski definition) is 2. The van der Waals surface area contributed by atoms with E-state index < -0.39 is 33.9 Å². The Balaban J connectivity index is 1.77. The van der Waals surface area contributed by atoms with Crippen molar-refractivity contribution < 1.29 is 31.1 Å². The zero-order valence-electron chi connectivity index (χ0n) is 14.1. The van der Waals surface area contributed by atoms with Crippen LogP contribution in [0.3, 0.4) is 0 Å². The molecule has 0 radical (unpaired) electrons. The lowest BCUT2D eigenvalue weighted by molar-refractivity contribution is -0.137. The summed E-state index contributed by atoms with van der Waals surface area (Å²) in [7, 11) is -4.11. The van der Waals surface area contributed by atoms with E-state index in [-0.39, 0.29) is 10.7 Å². The zero-order chi connectivity index (χ0) is 19.9. The molecule has 0 aliphatic carbocycles. The highest BCUT2D eigenvalue weighted by atomic mass is 32.2. The molecule has 0 bridgehead atoms. The van der Waals surface area contributed by atoms with Crippen LogP contribution < -0.4 is 4.72 Å². The molecule has 0 amide bonds. The third kappa shape index (κ3) is 4.15. The van der Waals surface area contributed by atoms with Gasteiger partial charge in [0.25, 0.3) is 0 Å². The quantitative estimate of drug-likeness (QED) is 0.687. The van der Waals surface area contributed by atoms with Crippen LogP contribution in [0.15, 0.2) is 63.9 Å². The van der Waals surface area contributed by atoms with Crippen molar-refractivity contribution in [3.05, 3.63) is 65.9 Å². The predicted molar refractivity (Wildman–Crippen MR) is 92.4 cm³/mol. The lowest BCUT2D eigenvalue weighted by atomic mass is 10.0. The topological polar surface area (TPSA) is 79.5 Å². The van der Waals surface area contributed by atoms with E-state index >= 15 is 0 Å². The minimum Gasteiger partial charge on any atom is -0.458 e. The van der Waals surface area contributed by atoms with E-state index in [4.69, 9.17) is 4.42 Å². The Morgan fingerprint density at radius 3 is 2.30 bits per heavy atom. The standard InChI is InChI=1S/C18H16F3NO4S/c1-17(23,16-10-12-4-2-3-5-15(12)26-16)11-22-27(24,25)14-8-6-13(7-9-14)18(19,20)21/h2-10,22-23H,11H2,1H3. The van der Waals surface area contributed by atoms with Gasteiger partial charge >= 0.3 is 6.18 Å². The van der Waals surface area contributed by atoms with Crippen LogP contribution in [0.4, 0.5) is 13.2 Å². The van der Waals surface area contributed by atoms with Crippen molar-refractivity contribution in [2.24, 2.45) is 0 Å². The number of rotatable bonds is 5. The molecule has 1 atom stereocenters. The Bertz CT molecular complexity index is 1020. The van der Waals surface area contributed by atoms with Gasteiger partial charge in [-0.3, -0.25) is 0 Å². The lowest BCUT2D eigenvalue weighted by Gasteiger charge is -2.21. The van der Waals surface area contributed by atoms with Crippen LogP contribution in [-0.2, 0) is 21.8 Å². The molecule has 27 heavy (non-hydrogen) atoms. The van der Waals surface area contributed by atoms with E-state index in [0.29, 0.717) is 17.7 Å². The highest BCUT2D eigenvalue weighted by Crippen LogP contribution is 2.30. The Hall–Kier alpha value is -2.36. The average molecular weight is 399 g/mol. The van der Waals surface area contributed by atoms with E-state index in [9.17, 15) is 26.7 Å². The normalized spacial score (nSPS) is 15.0. The van der Waals surface area contributed by atoms with Crippen LogP contribution in [0.5, 0.6) is 0 Å². The minimum absolute atomic E-state index is 0.166. The molecule has 0 spiro atoms. The van der Waals surface area contributed by atoms with Crippen molar-refractivity contribution in [2.45, 2.75) is 23.6 Å². The van der Waals surface area contributed by atoms with Gasteiger partial charge in [-0.15, -0.1) is 0 Å². The number of benzene rings is 2. The highest BCUT2D eigenvalue weighted by molar-refractivity contribution is 7.89. The van der Waals surface area contributed by atoms with Crippen LogP contribution in [0.2, 0.25) is 0 Å². The summed E-state index contributed by atoms with van der Waals surface area (Å²) in [5.74, 6) is 0.166. The van der Waals surface area contributed by atoms with E-state index in [1.807, 2.05) is 0 Å². The van der Waals surface area contributed by atoms with Gasteiger partial charge in [-0.2, -0.15) is 13.2 Å². The van der Waals surface area contributed by atoms with Crippen LogP contribution in [0, 0.1) is 0 Å². The van der Waals surface area contributed by atoms with E-state index in [0.717, 1.165) is 17.5 Å². The Kier molecular flexibility index (Phi) is 4.79. The van der Waals surface area contributed by atoms with Gasteiger partial charge in [-0.25, -0.2) is 13.1 Å². The first-order valence-electron chi connectivity index (χ1n) is 7.87. The molecule has 9 heteroatoms. The molecule has 2 aromatic carbocycles. The van der Waals surface area contributed by atoms with Gasteiger partial charge in [0.15, 0.2) is 0 Å². The van der Waals surface area contributed by atoms with E-state index in [2.05, 4.69) is 4.72 Å². The van der Waals surface area contributed by atoms with Crippen molar-refractivity contribution in [3.8, 4) is 0 Å².